The minimum absolute atomic E-state index is 0.0628. The molecule has 166 valence electrons. The number of nitrogens with zero attached hydrogens (tertiary/aromatic N) is 1. The Hall–Kier alpha value is -2.54. The molecular formula is C23H20Cl3N3O3. The highest BCUT2D eigenvalue weighted by Gasteiger charge is 2.39. The summed E-state index contributed by atoms with van der Waals surface area (Å²) in [7, 11) is 0. The van der Waals surface area contributed by atoms with Gasteiger partial charge < -0.3 is 10.6 Å². The van der Waals surface area contributed by atoms with Gasteiger partial charge in [0.25, 0.3) is 17.7 Å². The maximum absolute atomic E-state index is 12.9. The highest BCUT2D eigenvalue weighted by molar-refractivity contribution is 6.53. The molecule has 32 heavy (non-hydrogen) atoms. The van der Waals surface area contributed by atoms with Crippen molar-refractivity contribution in [1.82, 2.24) is 5.32 Å². The number of imide groups is 1. The molecule has 2 aromatic rings. The van der Waals surface area contributed by atoms with E-state index in [-0.39, 0.29) is 38.4 Å². The molecule has 0 unspecified atom stereocenters. The minimum Gasteiger partial charge on any atom is -0.350 e. The third-order valence-electron chi connectivity index (χ3n) is 5.49. The molecule has 0 bridgehead atoms. The first kappa shape index (κ1) is 22.6. The Morgan fingerprint density at radius 3 is 2.12 bits per heavy atom. The van der Waals surface area contributed by atoms with Gasteiger partial charge in [-0.25, -0.2) is 4.90 Å². The van der Waals surface area contributed by atoms with Crippen LogP contribution < -0.4 is 15.5 Å². The van der Waals surface area contributed by atoms with Crippen molar-refractivity contribution in [2.24, 2.45) is 0 Å². The second kappa shape index (κ2) is 9.53. The zero-order valence-electron chi connectivity index (χ0n) is 17.0. The van der Waals surface area contributed by atoms with Gasteiger partial charge in [0, 0.05) is 27.3 Å². The third-order valence-corrected chi connectivity index (χ3v) is 6.28. The van der Waals surface area contributed by atoms with E-state index in [9.17, 15) is 14.4 Å². The number of rotatable bonds is 5. The van der Waals surface area contributed by atoms with Crippen LogP contribution in [0.25, 0.3) is 0 Å². The second-order valence-electron chi connectivity index (χ2n) is 7.77. The summed E-state index contributed by atoms with van der Waals surface area (Å²) in [5.74, 6) is -1.43. The SMILES string of the molecule is O=C(NC1CCCCC1)c1ccc(NC2=C(Cl)C(=O)N(c3cc(Cl)cc(Cl)c3)C2=O)cc1. The fourth-order valence-electron chi connectivity index (χ4n) is 3.88. The molecule has 0 aromatic heterocycles. The molecule has 0 saturated heterocycles. The van der Waals surface area contributed by atoms with Gasteiger partial charge in [0.15, 0.2) is 0 Å². The van der Waals surface area contributed by atoms with Crippen LogP contribution in [0.4, 0.5) is 11.4 Å². The molecule has 0 radical (unpaired) electrons. The van der Waals surface area contributed by atoms with Gasteiger partial charge in [0.1, 0.15) is 10.7 Å². The number of carbonyl (C=O) groups is 3. The predicted octanol–water partition coefficient (Wildman–Crippen LogP) is 5.49. The Balaban J connectivity index is 1.47. The Morgan fingerprint density at radius 1 is 0.875 bits per heavy atom. The summed E-state index contributed by atoms with van der Waals surface area (Å²) in [5.41, 5.74) is 1.19. The summed E-state index contributed by atoms with van der Waals surface area (Å²) in [6.07, 6.45) is 5.49. The van der Waals surface area contributed by atoms with E-state index in [1.807, 2.05) is 0 Å². The minimum atomic E-state index is -0.680. The Kier molecular flexibility index (Phi) is 6.74. The fraction of sp³-hybridized carbons (Fsp3) is 0.261. The summed E-state index contributed by atoms with van der Waals surface area (Å²) < 4.78 is 0. The standard InChI is InChI=1S/C23H20Cl3N3O3/c24-14-10-15(25)12-18(11-14)29-22(31)19(26)20(23(29)32)27-17-8-6-13(7-9-17)21(30)28-16-4-2-1-3-5-16/h6-12,16,27H,1-5H2,(H,28,30). The summed E-state index contributed by atoms with van der Waals surface area (Å²) in [5, 5.41) is 6.27. The average Bonchev–Trinajstić information content (AvgIpc) is 2.97. The number of carbonyl (C=O) groups excluding carboxylic acids is 3. The van der Waals surface area contributed by atoms with Crippen molar-refractivity contribution in [1.29, 1.82) is 0 Å². The molecule has 1 heterocycles. The van der Waals surface area contributed by atoms with Crippen LogP contribution in [-0.2, 0) is 9.59 Å². The van der Waals surface area contributed by atoms with Crippen LogP contribution in [0.5, 0.6) is 0 Å². The van der Waals surface area contributed by atoms with Gasteiger partial charge in [-0.05, 0) is 55.3 Å². The van der Waals surface area contributed by atoms with Crippen LogP contribution >= 0.6 is 34.8 Å². The first-order valence-electron chi connectivity index (χ1n) is 10.3. The topological polar surface area (TPSA) is 78.5 Å². The van der Waals surface area contributed by atoms with Crippen LogP contribution in [-0.4, -0.2) is 23.8 Å². The lowest BCUT2D eigenvalue weighted by atomic mass is 9.95. The predicted molar refractivity (Wildman–Crippen MR) is 126 cm³/mol. The molecule has 2 N–H and O–H groups in total. The van der Waals surface area contributed by atoms with E-state index < -0.39 is 11.8 Å². The molecule has 1 aliphatic carbocycles. The van der Waals surface area contributed by atoms with Crippen LogP contribution in [0, 0.1) is 0 Å². The van der Waals surface area contributed by atoms with Crippen molar-refractivity contribution in [3.8, 4) is 0 Å². The van der Waals surface area contributed by atoms with Gasteiger partial charge in [-0.3, -0.25) is 14.4 Å². The Labute approximate surface area is 200 Å². The smallest absolute Gasteiger partial charge is 0.283 e. The molecule has 2 aromatic carbocycles. The van der Waals surface area contributed by atoms with Gasteiger partial charge in [0.2, 0.25) is 0 Å². The first-order valence-corrected chi connectivity index (χ1v) is 11.4. The van der Waals surface area contributed by atoms with Gasteiger partial charge in [-0.2, -0.15) is 0 Å². The molecule has 1 aliphatic heterocycles. The third kappa shape index (κ3) is 4.77. The lowest BCUT2D eigenvalue weighted by molar-refractivity contribution is -0.120. The van der Waals surface area contributed by atoms with Crippen molar-refractivity contribution in [3.63, 3.8) is 0 Å². The molecule has 4 rings (SSSR count). The first-order chi connectivity index (χ1) is 15.3. The zero-order valence-corrected chi connectivity index (χ0v) is 19.2. The highest BCUT2D eigenvalue weighted by atomic mass is 35.5. The van der Waals surface area contributed by atoms with Crippen LogP contribution in [0.15, 0.2) is 53.2 Å². The number of anilines is 2. The number of nitrogens with one attached hydrogen (secondary N) is 2. The van der Waals surface area contributed by atoms with Crippen molar-refractivity contribution in [3.05, 3.63) is 68.8 Å². The lowest BCUT2D eigenvalue weighted by Crippen LogP contribution is -2.36. The van der Waals surface area contributed by atoms with Crippen molar-refractivity contribution in [2.75, 3.05) is 10.2 Å². The monoisotopic (exact) mass is 491 g/mol. The lowest BCUT2D eigenvalue weighted by Gasteiger charge is -2.22. The van der Waals surface area contributed by atoms with Gasteiger partial charge in [-0.15, -0.1) is 0 Å². The molecule has 6 nitrogen and oxygen atoms in total. The zero-order chi connectivity index (χ0) is 22.8. The molecule has 0 spiro atoms. The van der Waals surface area contributed by atoms with Crippen molar-refractivity contribution >= 4 is 63.9 Å². The summed E-state index contributed by atoms with van der Waals surface area (Å²) in [6, 6.07) is 11.2. The maximum atomic E-state index is 12.9. The number of hydrogen-bond acceptors (Lipinski definition) is 4. The van der Waals surface area contributed by atoms with E-state index in [0.717, 1.165) is 30.6 Å². The van der Waals surface area contributed by atoms with E-state index in [2.05, 4.69) is 10.6 Å². The normalized spacial score (nSPS) is 17.2. The molecule has 9 heteroatoms. The van der Waals surface area contributed by atoms with Crippen LogP contribution in [0.1, 0.15) is 42.5 Å². The molecule has 1 saturated carbocycles. The van der Waals surface area contributed by atoms with E-state index in [1.165, 1.54) is 24.6 Å². The number of benzene rings is 2. The van der Waals surface area contributed by atoms with E-state index in [1.54, 1.807) is 24.3 Å². The Morgan fingerprint density at radius 2 is 1.50 bits per heavy atom. The van der Waals surface area contributed by atoms with Gasteiger partial charge in [0.05, 0.1) is 5.69 Å². The van der Waals surface area contributed by atoms with E-state index >= 15 is 0 Å². The summed E-state index contributed by atoms with van der Waals surface area (Å²) >= 11 is 18.2. The van der Waals surface area contributed by atoms with Crippen molar-refractivity contribution in [2.45, 2.75) is 38.1 Å². The molecule has 2 aliphatic rings. The number of hydrogen-bond donors (Lipinski definition) is 2. The average molecular weight is 493 g/mol. The molecular weight excluding hydrogens is 473 g/mol. The fourth-order valence-corrected chi connectivity index (χ4v) is 4.61. The Bertz CT molecular complexity index is 1090. The van der Waals surface area contributed by atoms with Gasteiger partial charge in [-0.1, -0.05) is 54.1 Å². The second-order valence-corrected chi connectivity index (χ2v) is 9.02. The van der Waals surface area contributed by atoms with Crippen molar-refractivity contribution < 1.29 is 14.4 Å². The summed E-state index contributed by atoms with van der Waals surface area (Å²) in [4.78, 5) is 38.9. The highest BCUT2D eigenvalue weighted by Crippen LogP contribution is 2.33. The molecule has 3 amide bonds. The summed E-state index contributed by atoms with van der Waals surface area (Å²) in [6.45, 7) is 0. The van der Waals surface area contributed by atoms with E-state index in [4.69, 9.17) is 34.8 Å². The molecule has 1 fully saturated rings. The molecule has 0 atom stereocenters. The van der Waals surface area contributed by atoms with E-state index in [0.29, 0.717) is 11.3 Å². The quantitative estimate of drug-likeness (QED) is 0.541. The van der Waals surface area contributed by atoms with Crippen LogP contribution in [0.2, 0.25) is 10.0 Å². The number of amides is 3. The van der Waals surface area contributed by atoms with Gasteiger partial charge >= 0.3 is 0 Å². The number of halogens is 3. The maximum Gasteiger partial charge on any atom is 0.283 e. The largest absolute Gasteiger partial charge is 0.350 e. The van der Waals surface area contributed by atoms with Crippen LogP contribution in [0.3, 0.4) is 0 Å².